The first-order valence-electron chi connectivity index (χ1n) is 9.11. The molecule has 0 aliphatic heterocycles. The molecule has 1 aromatic carbocycles. The summed E-state index contributed by atoms with van der Waals surface area (Å²) in [7, 11) is 7.15. The Hall–Kier alpha value is -2.36. The van der Waals surface area contributed by atoms with Gasteiger partial charge in [-0.3, -0.25) is 20.1 Å². The largest absolute Gasteiger partial charge is 0.322 e. The van der Waals surface area contributed by atoms with Gasteiger partial charge in [-0.2, -0.15) is 5.10 Å². The lowest BCUT2D eigenvalue weighted by Crippen LogP contribution is -2.49. The van der Waals surface area contributed by atoms with Gasteiger partial charge in [0.2, 0.25) is 0 Å². The van der Waals surface area contributed by atoms with Crippen molar-refractivity contribution in [3.05, 3.63) is 46.3 Å². The Kier molecular flexibility index (Phi) is 5.51. The second kappa shape index (κ2) is 7.57. The zero-order valence-electron chi connectivity index (χ0n) is 16.7. The molecule has 0 saturated carbocycles. The lowest BCUT2D eigenvalue weighted by molar-refractivity contribution is 0.101. The van der Waals surface area contributed by atoms with Crippen LogP contribution in [0, 0.1) is 6.92 Å². The van der Waals surface area contributed by atoms with Crippen LogP contribution >= 0.6 is 0 Å². The number of amides is 1. The number of rotatable bonds is 6. The summed E-state index contributed by atoms with van der Waals surface area (Å²) in [6, 6.07) is 5.61. The highest BCUT2D eigenvalue weighted by atomic mass is 19.3. The molecule has 152 valence electrons. The number of aryl methyl sites for hydroxylation is 1. The molecule has 0 spiro atoms. The molecule has 3 rings (SSSR count). The monoisotopic (exact) mass is 392 g/mol. The van der Waals surface area contributed by atoms with Crippen molar-refractivity contribution < 1.29 is 13.6 Å². The number of hydrogen-bond donors (Lipinski definition) is 4. The minimum absolute atomic E-state index is 0.0176. The van der Waals surface area contributed by atoms with Crippen molar-refractivity contribution in [2.24, 2.45) is 7.05 Å². The van der Waals surface area contributed by atoms with E-state index < -0.39 is 23.7 Å². The van der Waals surface area contributed by atoms with Gasteiger partial charge in [0.05, 0.1) is 11.2 Å². The van der Waals surface area contributed by atoms with E-state index in [9.17, 15) is 13.6 Å². The van der Waals surface area contributed by atoms with Crippen LogP contribution in [0.3, 0.4) is 0 Å². The van der Waals surface area contributed by atoms with E-state index in [1.165, 1.54) is 4.68 Å². The lowest BCUT2D eigenvalue weighted by Gasteiger charge is -2.30. The average Bonchev–Trinajstić information content (AvgIpc) is 3.17. The summed E-state index contributed by atoms with van der Waals surface area (Å²) >= 11 is 0. The standard InChI is InChI=1S/C19H26F2N6O/c1-10-14(16(17(20)21)26-27(10)5)18(28)25-12-8-6-7-11-15(12)13(22-2)9-19(11,23-3)24-4/h6-8,13,17,22-24H,9H2,1-5H3,(H,25,28). The first-order valence-corrected chi connectivity index (χ1v) is 9.11. The minimum atomic E-state index is -2.83. The minimum Gasteiger partial charge on any atom is -0.322 e. The topological polar surface area (TPSA) is 83.0 Å². The number of fused-ring (bicyclic) bond motifs is 1. The third-order valence-electron chi connectivity index (χ3n) is 5.67. The van der Waals surface area contributed by atoms with Gasteiger partial charge in [-0.05, 0) is 45.3 Å². The Labute approximate surface area is 162 Å². The summed E-state index contributed by atoms with van der Waals surface area (Å²) < 4.78 is 28.0. The molecule has 0 bridgehead atoms. The average molecular weight is 392 g/mol. The van der Waals surface area contributed by atoms with Crippen LogP contribution in [0.4, 0.5) is 14.5 Å². The van der Waals surface area contributed by atoms with Crippen LogP contribution in [-0.2, 0) is 12.7 Å². The molecule has 1 aromatic heterocycles. The molecular formula is C19H26F2N6O. The summed E-state index contributed by atoms with van der Waals surface area (Å²) in [6.45, 7) is 1.60. The van der Waals surface area contributed by atoms with Crippen molar-refractivity contribution in [1.29, 1.82) is 0 Å². The molecule has 1 heterocycles. The maximum atomic E-state index is 13.4. The number of anilines is 1. The zero-order valence-corrected chi connectivity index (χ0v) is 16.7. The smallest absolute Gasteiger partial charge is 0.282 e. The van der Waals surface area contributed by atoms with Crippen molar-refractivity contribution in [1.82, 2.24) is 25.7 Å². The molecule has 1 aliphatic carbocycles. The van der Waals surface area contributed by atoms with Crippen LogP contribution in [0.1, 0.15) is 51.8 Å². The fraction of sp³-hybridized carbons (Fsp3) is 0.474. The Morgan fingerprint density at radius 1 is 1.29 bits per heavy atom. The summed E-state index contributed by atoms with van der Waals surface area (Å²) in [6.07, 6.45) is -2.10. The predicted molar refractivity (Wildman–Crippen MR) is 104 cm³/mol. The number of nitrogens with zero attached hydrogens (tertiary/aromatic N) is 2. The molecule has 1 unspecified atom stereocenters. The third kappa shape index (κ3) is 3.09. The highest BCUT2D eigenvalue weighted by Gasteiger charge is 2.43. The molecule has 9 heteroatoms. The highest BCUT2D eigenvalue weighted by molar-refractivity contribution is 6.06. The summed E-state index contributed by atoms with van der Waals surface area (Å²) in [5.41, 5.74) is 1.90. The maximum Gasteiger partial charge on any atom is 0.282 e. The number of benzene rings is 1. The van der Waals surface area contributed by atoms with Crippen LogP contribution in [0.5, 0.6) is 0 Å². The first kappa shape index (κ1) is 20.4. The van der Waals surface area contributed by atoms with Crippen molar-refractivity contribution >= 4 is 11.6 Å². The second-order valence-electron chi connectivity index (χ2n) is 6.94. The number of alkyl halides is 2. The molecular weight excluding hydrogens is 366 g/mol. The number of aromatic nitrogens is 2. The van der Waals surface area contributed by atoms with Gasteiger partial charge >= 0.3 is 0 Å². The van der Waals surface area contributed by atoms with Crippen LogP contribution in [-0.4, -0.2) is 36.8 Å². The molecule has 1 aliphatic rings. The van der Waals surface area contributed by atoms with Gasteiger partial charge in [0.15, 0.2) is 0 Å². The van der Waals surface area contributed by atoms with Crippen LogP contribution in [0.15, 0.2) is 18.2 Å². The first-order chi connectivity index (χ1) is 13.3. The summed E-state index contributed by atoms with van der Waals surface area (Å²) in [5, 5.41) is 16.6. The third-order valence-corrected chi connectivity index (χ3v) is 5.67. The maximum absolute atomic E-state index is 13.4. The van der Waals surface area contributed by atoms with Gasteiger partial charge in [0.1, 0.15) is 5.69 Å². The van der Waals surface area contributed by atoms with E-state index in [1.807, 2.05) is 33.3 Å². The van der Waals surface area contributed by atoms with Crippen LogP contribution in [0.2, 0.25) is 0 Å². The van der Waals surface area contributed by atoms with Crippen molar-refractivity contribution in [2.75, 3.05) is 26.5 Å². The summed E-state index contributed by atoms with van der Waals surface area (Å²) in [4.78, 5) is 12.9. The van der Waals surface area contributed by atoms with E-state index in [4.69, 9.17) is 0 Å². The highest BCUT2D eigenvalue weighted by Crippen LogP contribution is 2.44. The van der Waals surface area contributed by atoms with E-state index in [2.05, 4.69) is 26.4 Å². The molecule has 4 N–H and O–H groups in total. The van der Waals surface area contributed by atoms with Gasteiger partial charge in [-0.25, -0.2) is 8.78 Å². The molecule has 7 nitrogen and oxygen atoms in total. The van der Waals surface area contributed by atoms with E-state index in [-0.39, 0.29) is 11.6 Å². The second-order valence-corrected chi connectivity index (χ2v) is 6.94. The number of hydrogen-bond acceptors (Lipinski definition) is 5. The van der Waals surface area contributed by atoms with Crippen LogP contribution < -0.4 is 21.3 Å². The Morgan fingerprint density at radius 2 is 1.96 bits per heavy atom. The van der Waals surface area contributed by atoms with Gasteiger partial charge in [-0.1, -0.05) is 12.1 Å². The number of halogens is 2. The number of carbonyl (C=O) groups is 1. The van der Waals surface area contributed by atoms with E-state index in [1.54, 1.807) is 20.0 Å². The van der Waals surface area contributed by atoms with Crippen molar-refractivity contribution in [3.63, 3.8) is 0 Å². The van der Waals surface area contributed by atoms with E-state index in [0.29, 0.717) is 11.4 Å². The van der Waals surface area contributed by atoms with Gasteiger partial charge in [0.25, 0.3) is 12.3 Å². The van der Waals surface area contributed by atoms with Crippen molar-refractivity contribution in [2.45, 2.75) is 31.5 Å². The molecule has 28 heavy (non-hydrogen) atoms. The fourth-order valence-electron chi connectivity index (χ4n) is 4.04. The van der Waals surface area contributed by atoms with E-state index >= 15 is 0 Å². The summed E-state index contributed by atoms with van der Waals surface area (Å²) in [5.74, 6) is -0.587. The van der Waals surface area contributed by atoms with Gasteiger partial charge in [0, 0.05) is 30.9 Å². The van der Waals surface area contributed by atoms with Gasteiger partial charge in [-0.15, -0.1) is 0 Å². The Morgan fingerprint density at radius 3 is 2.54 bits per heavy atom. The Balaban J connectivity index is 2.04. The lowest BCUT2D eigenvalue weighted by atomic mass is 10.0. The molecule has 0 fully saturated rings. The quantitative estimate of drug-likeness (QED) is 0.567. The van der Waals surface area contributed by atoms with Crippen LogP contribution in [0.25, 0.3) is 0 Å². The molecule has 0 radical (unpaired) electrons. The fourth-order valence-corrected chi connectivity index (χ4v) is 4.04. The number of carbonyl (C=O) groups excluding carboxylic acids is 1. The van der Waals surface area contributed by atoms with E-state index in [0.717, 1.165) is 17.5 Å². The molecule has 0 saturated heterocycles. The SMILES string of the molecule is CNC1CC(NC)(NC)c2cccc(NC(=O)c3c(C(F)F)nn(C)c3C)c21. The van der Waals surface area contributed by atoms with Gasteiger partial charge < -0.3 is 10.6 Å². The molecule has 1 atom stereocenters. The predicted octanol–water partition coefficient (Wildman–Crippen LogP) is 2.17. The Bertz CT molecular complexity index is 891. The van der Waals surface area contributed by atoms with Crippen molar-refractivity contribution in [3.8, 4) is 0 Å². The normalized spacial score (nSPS) is 17.8. The molecule has 1 amide bonds. The number of nitrogens with one attached hydrogen (secondary N) is 4. The molecule has 2 aromatic rings. The zero-order chi connectivity index (χ0) is 20.6.